The summed E-state index contributed by atoms with van der Waals surface area (Å²) in [5, 5.41) is 3.11. The lowest BCUT2D eigenvalue weighted by Gasteiger charge is -2.32. The van der Waals surface area contributed by atoms with Gasteiger partial charge in [-0.1, -0.05) is 6.07 Å². The number of rotatable bonds is 7. The average Bonchev–Trinajstić information content (AvgIpc) is 3.34. The molecule has 7 heteroatoms. The zero-order valence-corrected chi connectivity index (χ0v) is 17.8. The maximum absolute atomic E-state index is 13.2. The molecule has 3 heterocycles. The van der Waals surface area contributed by atoms with E-state index in [1.807, 2.05) is 47.7 Å². The van der Waals surface area contributed by atoms with Crippen LogP contribution in [0, 0.1) is 0 Å². The Morgan fingerprint density at radius 1 is 1.23 bits per heavy atom. The van der Waals surface area contributed by atoms with Gasteiger partial charge in [-0.15, -0.1) is 11.3 Å². The lowest BCUT2D eigenvalue weighted by molar-refractivity contribution is 0.0706. The lowest BCUT2D eigenvalue weighted by Crippen LogP contribution is -2.39. The van der Waals surface area contributed by atoms with E-state index in [9.17, 15) is 4.79 Å². The van der Waals surface area contributed by atoms with Crippen LogP contribution in [0.4, 0.5) is 0 Å². The topological polar surface area (TPSA) is 64.5 Å². The van der Waals surface area contributed by atoms with Crippen molar-refractivity contribution in [3.63, 3.8) is 0 Å². The number of thiazole rings is 1. The van der Waals surface area contributed by atoms with Crippen LogP contribution in [-0.4, -0.2) is 40.5 Å². The normalized spacial score (nSPS) is 16.3. The summed E-state index contributed by atoms with van der Waals surface area (Å²) in [4.78, 5) is 23.6. The van der Waals surface area contributed by atoms with Crippen molar-refractivity contribution in [1.82, 2.24) is 14.9 Å². The molecule has 0 N–H and O–H groups in total. The van der Waals surface area contributed by atoms with Gasteiger partial charge in [-0.2, -0.15) is 0 Å². The minimum atomic E-state index is 0.0241. The summed E-state index contributed by atoms with van der Waals surface area (Å²) in [5.74, 6) is 1.55. The molecule has 1 amide bonds. The van der Waals surface area contributed by atoms with Gasteiger partial charge in [-0.25, -0.2) is 4.98 Å². The second-order valence-corrected chi connectivity index (χ2v) is 8.13. The number of ether oxygens (including phenoxy) is 2. The Bertz CT molecular complexity index is 963. The molecule has 0 bridgehead atoms. The second-order valence-electron chi connectivity index (χ2n) is 7.21. The number of nitrogens with zero attached hydrogens (tertiary/aromatic N) is 3. The summed E-state index contributed by atoms with van der Waals surface area (Å²) in [7, 11) is 0. The third-order valence-electron chi connectivity index (χ3n) is 5.12. The number of amides is 1. The van der Waals surface area contributed by atoms with Gasteiger partial charge in [0.05, 0.1) is 11.6 Å². The van der Waals surface area contributed by atoms with E-state index in [0.717, 1.165) is 30.0 Å². The summed E-state index contributed by atoms with van der Waals surface area (Å²) in [6.07, 6.45) is 7.39. The van der Waals surface area contributed by atoms with Crippen LogP contribution in [0.2, 0.25) is 0 Å². The fourth-order valence-electron chi connectivity index (χ4n) is 3.66. The fraction of sp³-hybridized carbons (Fsp3) is 0.348. The molecule has 0 saturated carbocycles. The standard InChI is InChI=1S/C23H25N3O3S/c1-2-28-21-13-18(7-8-20(21)29-16-17-5-3-9-24-14-17)23(27)26-11-4-6-19(15-26)22-25-10-12-30-22/h3,5,7-10,12-14,19H,2,4,6,11,15-16H2,1H3. The Labute approximate surface area is 180 Å². The van der Waals surface area contributed by atoms with Gasteiger partial charge in [-0.3, -0.25) is 9.78 Å². The van der Waals surface area contributed by atoms with Crippen molar-refractivity contribution in [2.24, 2.45) is 0 Å². The first-order chi connectivity index (χ1) is 14.7. The molecule has 3 aromatic rings. The first-order valence-corrected chi connectivity index (χ1v) is 11.1. The highest BCUT2D eigenvalue weighted by Crippen LogP contribution is 2.32. The molecular weight excluding hydrogens is 398 g/mol. The van der Waals surface area contributed by atoms with Crippen LogP contribution in [-0.2, 0) is 6.61 Å². The van der Waals surface area contributed by atoms with Gasteiger partial charge in [0.15, 0.2) is 11.5 Å². The SMILES string of the molecule is CCOc1cc(C(=O)N2CCCC(c3nccs3)C2)ccc1OCc1cccnc1. The van der Waals surface area contributed by atoms with Gasteiger partial charge in [0.2, 0.25) is 0 Å². The van der Waals surface area contributed by atoms with E-state index >= 15 is 0 Å². The van der Waals surface area contributed by atoms with Gasteiger partial charge in [0, 0.05) is 54.1 Å². The Hall–Kier alpha value is -2.93. The number of benzene rings is 1. The smallest absolute Gasteiger partial charge is 0.254 e. The highest BCUT2D eigenvalue weighted by Gasteiger charge is 2.27. The van der Waals surface area contributed by atoms with Crippen LogP contribution in [0.25, 0.3) is 0 Å². The molecule has 2 aromatic heterocycles. The Morgan fingerprint density at radius 2 is 2.17 bits per heavy atom. The van der Waals surface area contributed by atoms with E-state index in [1.54, 1.807) is 29.8 Å². The van der Waals surface area contributed by atoms with Gasteiger partial charge >= 0.3 is 0 Å². The minimum absolute atomic E-state index is 0.0241. The fourth-order valence-corrected chi connectivity index (χ4v) is 4.42. The number of pyridine rings is 1. The Balaban J connectivity index is 1.47. The average molecular weight is 424 g/mol. The number of likely N-dealkylation sites (tertiary alicyclic amines) is 1. The minimum Gasteiger partial charge on any atom is -0.490 e. The Kier molecular flexibility index (Phi) is 6.59. The molecule has 1 fully saturated rings. The van der Waals surface area contributed by atoms with E-state index in [4.69, 9.17) is 9.47 Å². The van der Waals surface area contributed by atoms with E-state index < -0.39 is 0 Å². The molecule has 1 aliphatic rings. The molecule has 1 saturated heterocycles. The monoisotopic (exact) mass is 423 g/mol. The molecule has 0 spiro atoms. The summed E-state index contributed by atoms with van der Waals surface area (Å²) >= 11 is 1.66. The van der Waals surface area contributed by atoms with Crippen LogP contribution in [0.3, 0.4) is 0 Å². The summed E-state index contributed by atoms with van der Waals surface area (Å²) < 4.78 is 11.7. The number of aromatic nitrogens is 2. The Morgan fingerprint density at radius 3 is 2.93 bits per heavy atom. The predicted molar refractivity (Wildman–Crippen MR) is 116 cm³/mol. The maximum atomic E-state index is 13.2. The van der Waals surface area contributed by atoms with Crippen molar-refractivity contribution in [3.8, 4) is 11.5 Å². The summed E-state index contributed by atoms with van der Waals surface area (Å²) in [6.45, 7) is 4.28. The second kappa shape index (κ2) is 9.71. The van der Waals surface area contributed by atoms with Crippen molar-refractivity contribution < 1.29 is 14.3 Å². The third-order valence-corrected chi connectivity index (χ3v) is 6.05. The quantitative estimate of drug-likeness (QED) is 0.558. The van der Waals surface area contributed by atoms with Crippen LogP contribution < -0.4 is 9.47 Å². The zero-order chi connectivity index (χ0) is 20.8. The molecule has 1 unspecified atom stereocenters. The largest absolute Gasteiger partial charge is 0.490 e. The molecule has 1 atom stereocenters. The van der Waals surface area contributed by atoms with Gasteiger partial charge < -0.3 is 14.4 Å². The summed E-state index contributed by atoms with van der Waals surface area (Å²) in [5.41, 5.74) is 1.59. The molecular formula is C23H25N3O3S. The van der Waals surface area contributed by atoms with Crippen molar-refractivity contribution >= 4 is 17.2 Å². The van der Waals surface area contributed by atoms with Crippen LogP contribution in [0.15, 0.2) is 54.3 Å². The van der Waals surface area contributed by atoms with Gasteiger partial charge in [0.25, 0.3) is 5.91 Å². The first-order valence-electron chi connectivity index (χ1n) is 10.2. The first kappa shape index (κ1) is 20.3. The van der Waals surface area contributed by atoms with Crippen molar-refractivity contribution in [3.05, 3.63) is 70.4 Å². The highest BCUT2D eigenvalue weighted by atomic mass is 32.1. The summed E-state index contributed by atoms with van der Waals surface area (Å²) in [6, 6.07) is 9.26. The van der Waals surface area contributed by atoms with E-state index in [2.05, 4.69) is 9.97 Å². The van der Waals surface area contributed by atoms with Gasteiger partial charge in [-0.05, 0) is 44.0 Å². The lowest BCUT2D eigenvalue weighted by atomic mass is 9.98. The van der Waals surface area contributed by atoms with E-state index in [0.29, 0.717) is 42.7 Å². The number of carbonyl (C=O) groups excluding carboxylic acids is 1. The van der Waals surface area contributed by atoms with Crippen molar-refractivity contribution in [2.75, 3.05) is 19.7 Å². The van der Waals surface area contributed by atoms with Gasteiger partial charge in [0.1, 0.15) is 6.61 Å². The van der Waals surface area contributed by atoms with E-state index in [1.165, 1.54) is 0 Å². The van der Waals surface area contributed by atoms with Crippen molar-refractivity contribution in [1.29, 1.82) is 0 Å². The third kappa shape index (κ3) is 4.79. The number of hydrogen-bond acceptors (Lipinski definition) is 6. The maximum Gasteiger partial charge on any atom is 0.254 e. The van der Waals surface area contributed by atoms with Crippen molar-refractivity contribution in [2.45, 2.75) is 32.3 Å². The molecule has 1 aliphatic heterocycles. The molecule has 4 rings (SSSR count). The number of piperidine rings is 1. The molecule has 0 aliphatic carbocycles. The predicted octanol–water partition coefficient (Wildman–Crippen LogP) is 4.54. The number of carbonyl (C=O) groups is 1. The van der Waals surface area contributed by atoms with Crippen LogP contribution in [0.5, 0.6) is 11.5 Å². The van der Waals surface area contributed by atoms with Crippen LogP contribution in [0.1, 0.15) is 46.6 Å². The molecule has 1 aromatic carbocycles. The van der Waals surface area contributed by atoms with Crippen LogP contribution >= 0.6 is 11.3 Å². The molecule has 6 nitrogen and oxygen atoms in total. The molecule has 156 valence electrons. The zero-order valence-electron chi connectivity index (χ0n) is 17.0. The number of hydrogen-bond donors (Lipinski definition) is 0. The highest BCUT2D eigenvalue weighted by molar-refractivity contribution is 7.09. The molecule has 0 radical (unpaired) electrons. The molecule has 30 heavy (non-hydrogen) atoms. The van der Waals surface area contributed by atoms with E-state index in [-0.39, 0.29) is 5.91 Å².